The zero-order chi connectivity index (χ0) is 21.3. The highest BCUT2D eigenvalue weighted by molar-refractivity contribution is 7.17. The van der Waals surface area contributed by atoms with E-state index in [-0.39, 0.29) is 35.2 Å². The van der Waals surface area contributed by atoms with Crippen LogP contribution < -0.4 is 5.32 Å². The average Bonchev–Trinajstić information content (AvgIpc) is 3.34. The van der Waals surface area contributed by atoms with Crippen molar-refractivity contribution in [3.8, 4) is 0 Å². The normalized spacial score (nSPS) is 23.4. The fourth-order valence-corrected chi connectivity index (χ4v) is 5.12. The fourth-order valence-electron chi connectivity index (χ4n) is 4.13. The first-order valence-electron chi connectivity index (χ1n) is 10.3. The summed E-state index contributed by atoms with van der Waals surface area (Å²) in [6, 6.07) is 0. The lowest BCUT2D eigenvalue weighted by Gasteiger charge is -2.19. The summed E-state index contributed by atoms with van der Waals surface area (Å²) in [5.74, 6) is 0.423. The number of ether oxygens (including phenoxy) is 2. The van der Waals surface area contributed by atoms with Crippen LogP contribution in [0.2, 0.25) is 0 Å². The molecule has 30 heavy (non-hydrogen) atoms. The van der Waals surface area contributed by atoms with Crippen molar-refractivity contribution in [2.75, 3.05) is 12.1 Å². The Morgan fingerprint density at radius 3 is 3.07 bits per heavy atom. The van der Waals surface area contributed by atoms with Crippen LogP contribution in [0.15, 0.2) is 34.9 Å². The van der Waals surface area contributed by atoms with Gasteiger partial charge < -0.3 is 14.8 Å². The number of nitrogens with one attached hydrogen (secondary N) is 1. The van der Waals surface area contributed by atoms with Gasteiger partial charge in [0.1, 0.15) is 16.7 Å². The minimum absolute atomic E-state index is 0.0279. The van der Waals surface area contributed by atoms with Crippen LogP contribution >= 0.6 is 11.3 Å². The highest BCUT2D eigenvalue weighted by atomic mass is 32.1. The number of fused-ring (bicyclic) bond motifs is 1. The second kappa shape index (κ2) is 8.69. The topological polar surface area (TPSA) is 104 Å². The number of hydrogen-bond acceptors (Lipinski definition) is 8. The van der Waals surface area contributed by atoms with E-state index in [9.17, 15) is 14.9 Å². The van der Waals surface area contributed by atoms with Crippen LogP contribution in [-0.4, -0.2) is 28.6 Å². The smallest absolute Gasteiger partial charge is 0.253 e. The first-order valence-corrected chi connectivity index (χ1v) is 11.1. The predicted octanol–water partition coefficient (Wildman–Crippen LogP) is 4.59. The first kappa shape index (κ1) is 20.7. The molecule has 4 rings (SSSR count). The lowest BCUT2D eigenvalue weighted by atomic mass is 9.84. The van der Waals surface area contributed by atoms with Gasteiger partial charge in [-0.1, -0.05) is 37.7 Å². The molecule has 0 spiro atoms. The summed E-state index contributed by atoms with van der Waals surface area (Å²) < 4.78 is 10.9. The van der Waals surface area contributed by atoms with E-state index in [1.165, 1.54) is 11.3 Å². The molecule has 2 heterocycles. The molecule has 2 atom stereocenters. The van der Waals surface area contributed by atoms with Gasteiger partial charge in [0.15, 0.2) is 11.9 Å². The van der Waals surface area contributed by atoms with Crippen molar-refractivity contribution in [2.45, 2.75) is 58.5 Å². The predicted molar refractivity (Wildman–Crippen MR) is 113 cm³/mol. The summed E-state index contributed by atoms with van der Waals surface area (Å²) in [6.07, 6.45) is 7.94. The number of thiazole rings is 1. The number of nitro groups is 1. The van der Waals surface area contributed by atoms with E-state index < -0.39 is 0 Å². The zero-order valence-electron chi connectivity index (χ0n) is 17.1. The Hall–Kier alpha value is -2.52. The van der Waals surface area contributed by atoms with E-state index in [0.717, 1.165) is 30.7 Å². The van der Waals surface area contributed by atoms with Gasteiger partial charge in [-0.25, -0.2) is 4.98 Å². The van der Waals surface area contributed by atoms with Gasteiger partial charge in [-0.3, -0.25) is 14.9 Å². The maximum absolute atomic E-state index is 13.4. The summed E-state index contributed by atoms with van der Waals surface area (Å²) in [5, 5.41) is 15.4. The molecule has 1 N–H and O–H groups in total. The Kier molecular flexibility index (Phi) is 6.01. The van der Waals surface area contributed by atoms with Crippen LogP contribution in [0.1, 0.15) is 61.3 Å². The number of aryl methyl sites for hydroxylation is 1. The largest absolute Gasteiger partial charge is 0.469 e. The number of hydrogen-bond donors (Lipinski definition) is 1. The van der Waals surface area contributed by atoms with E-state index in [4.69, 9.17) is 9.47 Å². The maximum atomic E-state index is 13.4. The molecule has 0 aromatic carbocycles. The molecule has 3 aliphatic rings. The number of ketones is 1. The number of carbonyl (C=O) groups excluding carboxylic acids is 1. The third-order valence-corrected chi connectivity index (χ3v) is 6.63. The average molecular weight is 432 g/mol. The molecule has 1 saturated heterocycles. The van der Waals surface area contributed by atoms with Gasteiger partial charge >= 0.3 is 0 Å². The van der Waals surface area contributed by atoms with Crippen molar-refractivity contribution in [3.63, 3.8) is 0 Å². The number of carbonyl (C=O) groups is 1. The van der Waals surface area contributed by atoms with Gasteiger partial charge in [-0.2, -0.15) is 0 Å². The molecule has 2 aliphatic carbocycles. The lowest BCUT2D eigenvalue weighted by Crippen LogP contribution is -2.21. The molecule has 1 aliphatic heterocycles. The molecule has 1 aromatic rings. The standard InChI is InChI=1S/C21H25N3O5S/c1-3-5-14-20(19(25)18-12(2)6-4-7-15(18)24(26)27)30-21(23-14)22-13-8-9-16-17(10-13)29-11-28-16/h8,10,12,16H,3-7,9,11H2,1-2H3,(H,22,23). The monoisotopic (exact) mass is 431 g/mol. The molecule has 0 amide bonds. The molecule has 9 heteroatoms. The van der Waals surface area contributed by atoms with Gasteiger partial charge in [0.05, 0.1) is 16.2 Å². The summed E-state index contributed by atoms with van der Waals surface area (Å²) in [5.41, 5.74) is 1.95. The maximum Gasteiger partial charge on any atom is 0.253 e. The Bertz CT molecular complexity index is 962. The van der Waals surface area contributed by atoms with Crippen molar-refractivity contribution >= 4 is 22.3 Å². The Labute approximate surface area is 178 Å². The Balaban J connectivity index is 1.63. The molecule has 1 fully saturated rings. The van der Waals surface area contributed by atoms with Gasteiger partial charge in [-0.05, 0) is 25.2 Å². The van der Waals surface area contributed by atoms with Crippen molar-refractivity contribution in [1.82, 2.24) is 4.98 Å². The minimum atomic E-state index is -0.387. The number of nitrogens with zero attached hydrogens (tertiary/aromatic N) is 2. The van der Waals surface area contributed by atoms with Crippen LogP contribution in [0.4, 0.5) is 5.13 Å². The molecular formula is C21H25N3O5S. The van der Waals surface area contributed by atoms with Crippen molar-refractivity contribution in [1.29, 1.82) is 0 Å². The van der Waals surface area contributed by atoms with E-state index in [1.54, 1.807) is 0 Å². The third kappa shape index (κ3) is 4.04. The summed E-state index contributed by atoms with van der Waals surface area (Å²) in [7, 11) is 0. The van der Waals surface area contributed by atoms with Crippen LogP contribution in [0, 0.1) is 16.0 Å². The van der Waals surface area contributed by atoms with Gasteiger partial charge in [0.2, 0.25) is 5.78 Å². The second-order valence-corrected chi connectivity index (χ2v) is 8.77. The summed E-state index contributed by atoms with van der Waals surface area (Å²) >= 11 is 1.27. The SMILES string of the molecule is CCCc1nc(NC2=CCC3OCOC3=C2)sc1C(=O)C1=C([N+](=O)[O-])CCCC1C. The molecule has 0 saturated carbocycles. The molecule has 0 radical (unpaired) electrons. The van der Waals surface area contributed by atoms with Crippen LogP contribution in [0.5, 0.6) is 0 Å². The zero-order valence-corrected chi connectivity index (χ0v) is 17.9. The first-order chi connectivity index (χ1) is 14.5. The number of anilines is 1. The number of Topliss-reactive ketones (excluding diaryl/α,β-unsaturated/α-hetero) is 1. The van der Waals surface area contributed by atoms with Crippen molar-refractivity contribution in [3.05, 3.63) is 55.6 Å². The number of rotatable bonds is 7. The molecule has 1 aromatic heterocycles. The van der Waals surface area contributed by atoms with Gasteiger partial charge in [-0.15, -0.1) is 0 Å². The molecule has 2 unspecified atom stereocenters. The summed E-state index contributed by atoms with van der Waals surface area (Å²) in [4.78, 5) is 29.7. The van der Waals surface area contributed by atoms with E-state index in [0.29, 0.717) is 40.5 Å². The van der Waals surface area contributed by atoms with Crippen LogP contribution in [0.25, 0.3) is 0 Å². The van der Waals surface area contributed by atoms with Crippen molar-refractivity contribution in [2.24, 2.45) is 5.92 Å². The molecular weight excluding hydrogens is 406 g/mol. The fraction of sp³-hybridized carbons (Fsp3) is 0.524. The van der Waals surface area contributed by atoms with E-state index in [2.05, 4.69) is 10.3 Å². The lowest BCUT2D eigenvalue weighted by molar-refractivity contribution is -0.430. The number of allylic oxidation sites excluding steroid dienone is 3. The molecule has 8 nitrogen and oxygen atoms in total. The van der Waals surface area contributed by atoms with Gasteiger partial charge in [0.25, 0.3) is 5.70 Å². The van der Waals surface area contributed by atoms with E-state index >= 15 is 0 Å². The Morgan fingerprint density at radius 1 is 1.47 bits per heavy atom. The summed E-state index contributed by atoms with van der Waals surface area (Å²) in [6.45, 7) is 4.19. The minimum Gasteiger partial charge on any atom is -0.469 e. The van der Waals surface area contributed by atoms with Crippen LogP contribution in [0.3, 0.4) is 0 Å². The third-order valence-electron chi connectivity index (χ3n) is 5.62. The number of aromatic nitrogens is 1. The highest BCUT2D eigenvalue weighted by Crippen LogP contribution is 2.36. The highest BCUT2D eigenvalue weighted by Gasteiger charge is 2.35. The van der Waals surface area contributed by atoms with E-state index in [1.807, 2.05) is 26.0 Å². The molecule has 0 bridgehead atoms. The van der Waals surface area contributed by atoms with Gasteiger partial charge in [0, 0.05) is 24.6 Å². The van der Waals surface area contributed by atoms with Crippen molar-refractivity contribution < 1.29 is 19.2 Å². The quantitative estimate of drug-likeness (QED) is 0.383. The second-order valence-electron chi connectivity index (χ2n) is 7.77. The molecule has 160 valence electrons. The van der Waals surface area contributed by atoms with Crippen LogP contribution in [-0.2, 0) is 15.9 Å². The Morgan fingerprint density at radius 2 is 2.30 bits per heavy atom.